The molecule has 0 aliphatic rings. The Morgan fingerprint density at radius 2 is 2.05 bits per heavy atom. The van der Waals surface area contributed by atoms with Crippen LogP contribution in [-0.4, -0.2) is 40.1 Å². The van der Waals surface area contributed by atoms with Crippen LogP contribution in [0, 0.1) is 0 Å². The van der Waals surface area contributed by atoms with Crippen molar-refractivity contribution in [2.45, 2.75) is 6.42 Å². The Balaban J connectivity index is 2.73. The summed E-state index contributed by atoms with van der Waals surface area (Å²) in [5.41, 5.74) is 6.11. The molecule has 1 aromatic carbocycles. The lowest BCUT2D eigenvalue weighted by Crippen LogP contribution is -2.12. The Morgan fingerprint density at radius 1 is 1.37 bits per heavy atom. The number of benzene rings is 1. The molecule has 0 saturated heterocycles. The zero-order valence-electron chi connectivity index (χ0n) is 10.9. The smallest absolute Gasteiger partial charge is 0.343 e. The maximum atomic E-state index is 11.6. The van der Waals surface area contributed by atoms with Gasteiger partial charge in [-0.25, -0.2) is 13.2 Å². The summed E-state index contributed by atoms with van der Waals surface area (Å²) in [6.45, 7) is 0.181. The summed E-state index contributed by atoms with van der Waals surface area (Å²) < 4.78 is 32.0. The second kappa shape index (κ2) is 6.42. The molecular formula is C12H17NO5S. The topological polar surface area (TPSA) is 95.7 Å². The predicted octanol–water partition coefficient (Wildman–Crippen LogP) is 0.869. The summed E-state index contributed by atoms with van der Waals surface area (Å²) in [7, 11) is -1.76. The fourth-order valence-corrected chi connectivity index (χ4v) is 2.13. The van der Waals surface area contributed by atoms with Crippen LogP contribution >= 0.6 is 0 Å². The minimum atomic E-state index is -3.01. The van der Waals surface area contributed by atoms with Gasteiger partial charge in [-0.2, -0.15) is 0 Å². The number of hydrogen-bond acceptors (Lipinski definition) is 6. The number of ether oxygens (including phenoxy) is 2. The fraction of sp³-hybridized carbons (Fsp3) is 0.417. The molecule has 0 heterocycles. The summed E-state index contributed by atoms with van der Waals surface area (Å²) in [5.74, 6) is -0.264. The molecule has 1 rings (SSSR count). The van der Waals surface area contributed by atoms with Gasteiger partial charge >= 0.3 is 5.97 Å². The number of nitrogen functional groups attached to an aromatic ring is 1. The molecule has 0 aromatic heterocycles. The number of carbonyl (C=O) groups is 1. The van der Waals surface area contributed by atoms with Gasteiger partial charge in [0.2, 0.25) is 0 Å². The molecule has 0 unspecified atom stereocenters. The summed E-state index contributed by atoms with van der Waals surface area (Å²) in [5, 5.41) is 0. The first kappa shape index (κ1) is 15.3. The molecule has 0 spiro atoms. The van der Waals surface area contributed by atoms with Crippen molar-refractivity contribution in [1.29, 1.82) is 0 Å². The van der Waals surface area contributed by atoms with Crippen LogP contribution in [0.2, 0.25) is 0 Å². The van der Waals surface area contributed by atoms with Gasteiger partial charge in [0.25, 0.3) is 0 Å². The van der Waals surface area contributed by atoms with Crippen LogP contribution in [0.15, 0.2) is 18.2 Å². The van der Waals surface area contributed by atoms with Crippen molar-refractivity contribution in [3.05, 3.63) is 23.8 Å². The van der Waals surface area contributed by atoms with Crippen molar-refractivity contribution < 1.29 is 22.7 Å². The number of methoxy groups -OCH3 is 1. The second-order valence-electron chi connectivity index (χ2n) is 4.04. The van der Waals surface area contributed by atoms with Gasteiger partial charge in [0.15, 0.2) is 0 Å². The van der Waals surface area contributed by atoms with E-state index in [4.69, 9.17) is 10.5 Å². The lowest BCUT2D eigenvalue weighted by Gasteiger charge is -2.11. The summed E-state index contributed by atoms with van der Waals surface area (Å²) >= 11 is 0. The van der Waals surface area contributed by atoms with Crippen molar-refractivity contribution in [2.24, 2.45) is 0 Å². The minimum absolute atomic E-state index is 0.0306. The standard InChI is InChI=1S/C12H17NO5S/c1-17-12(14)11-9(13)5-3-6-10(11)18-7-4-8-19(2,15)16/h3,5-6H,4,7-8,13H2,1-2H3. The zero-order chi connectivity index (χ0) is 14.5. The lowest BCUT2D eigenvalue weighted by atomic mass is 10.1. The molecular weight excluding hydrogens is 270 g/mol. The normalized spacial score (nSPS) is 11.1. The Labute approximate surface area is 112 Å². The first-order valence-electron chi connectivity index (χ1n) is 5.62. The summed E-state index contributed by atoms with van der Waals surface area (Å²) in [6.07, 6.45) is 1.50. The van der Waals surface area contributed by atoms with E-state index in [1.807, 2.05) is 0 Å². The largest absolute Gasteiger partial charge is 0.493 e. The SMILES string of the molecule is COC(=O)c1c(N)cccc1OCCCS(C)(=O)=O. The van der Waals surface area contributed by atoms with E-state index in [9.17, 15) is 13.2 Å². The molecule has 7 heteroatoms. The quantitative estimate of drug-likeness (QED) is 0.474. The van der Waals surface area contributed by atoms with Gasteiger partial charge in [-0.3, -0.25) is 0 Å². The summed E-state index contributed by atoms with van der Waals surface area (Å²) in [6, 6.07) is 4.80. The van der Waals surface area contributed by atoms with Gasteiger partial charge in [-0.15, -0.1) is 0 Å². The highest BCUT2D eigenvalue weighted by molar-refractivity contribution is 7.90. The van der Waals surface area contributed by atoms with Crippen molar-refractivity contribution >= 4 is 21.5 Å². The van der Waals surface area contributed by atoms with Crippen LogP contribution in [0.5, 0.6) is 5.75 Å². The molecule has 0 aliphatic carbocycles. The van der Waals surface area contributed by atoms with Crippen molar-refractivity contribution in [3.8, 4) is 5.75 Å². The van der Waals surface area contributed by atoms with Crippen LogP contribution < -0.4 is 10.5 Å². The van der Waals surface area contributed by atoms with E-state index in [0.29, 0.717) is 12.2 Å². The van der Waals surface area contributed by atoms with Gasteiger partial charge in [0.05, 0.1) is 19.5 Å². The number of esters is 1. The van der Waals surface area contributed by atoms with Gasteiger partial charge < -0.3 is 15.2 Å². The van der Waals surface area contributed by atoms with Crippen LogP contribution in [0.25, 0.3) is 0 Å². The Hall–Kier alpha value is -1.76. The van der Waals surface area contributed by atoms with E-state index in [0.717, 1.165) is 6.26 Å². The summed E-state index contributed by atoms with van der Waals surface area (Å²) in [4.78, 5) is 11.6. The van der Waals surface area contributed by atoms with Crippen molar-refractivity contribution in [2.75, 3.05) is 31.5 Å². The third kappa shape index (κ3) is 4.78. The third-order valence-electron chi connectivity index (χ3n) is 2.37. The van der Waals surface area contributed by atoms with Crippen molar-refractivity contribution in [3.63, 3.8) is 0 Å². The molecule has 2 N–H and O–H groups in total. The molecule has 0 radical (unpaired) electrons. The van der Waals surface area contributed by atoms with Crippen LogP contribution in [0.1, 0.15) is 16.8 Å². The van der Waals surface area contributed by atoms with Gasteiger partial charge in [0, 0.05) is 11.9 Å². The molecule has 0 fully saturated rings. The lowest BCUT2D eigenvalue weighted by molar-refractivity contribution is 0.0597. The number of rotatable bonds is 6. The van der Waals surface area contributed by atoms with Crippen LogP contribution in [0.4, 0.5) is 5.69 Å². The molecule has 6 nitrogen and oxygen atoms in total. The Bertz CT molecular complexity index is 553. The van der Waals surface area contributed by atoms with E-state index >= 15 is 0 Å². The number of nitrogens with two attached hydrogens (primary N) is 1. The van der Waals surface area contributed by atoms with Gasteiger partial charge in [-0.1, -0.05) is 6.07 Å². The predicted molar refractivity (Wildman–Crippen MR) is 72.0 cm³/mol. The van der Waals surface area contributed by atoms with E-state index in [-0.39, 0.29) is 23.6 Å². The van der Waals surface area contributed by atoms with E-state index in [1.54, 1.807) is 18.2 Å². The van der Waals surface area contributed by atoms with Gasteiger partial charge in [-0.05, 0) is 18.6 Å². The molecule has 0 saturated carbocycles. The highest BCUT2D eigenvalue weighted by Gasteiger charge is 2.16. The zero-order valence-corrected chi connectivity index (χ0v) is 11.7. The highest BCUT2D eigenvalue weighted by atomic mass is 32.2. The number of anilines is 1. The second-order valence-corrected chi connectivity index (χ2v) is 6.30. The first-order chi connectivity index (χ1) is 8.85. The molecule has 0 bridgehead atoms. The molecule has 0 atom stereocenters. The average Bonchev–Trinajstić information content (AvgIpc) is 2.33. The van der Waals surface area contributed by atoms with Crippen LogP contribution in [-0.2, 0) is 14.6 Å². The molecule has 19 heavy (non-hydrogen) atoms. The number of hydrogen-bond donors (Lipinski definition) is 1. The fourth-order valence-electron chi connectivity index (χ4n) is 1.49. The Morgan fingerprint density at radius 3 is 2.63 bits per heavy atom. The molecule has 0 amide bonds. The van der Waals surface area contributed by atoms with Crippen LogP contribution in [0.3, 0.4) is 0 Å². The van der Waals surface area contributed by atoms with E-state index in [2.05, 4.69) is 4.74 Å². The average molecular weight is 287 g/mol. The maximum absolute atomic E-state index is 11.6. The number of carbonyl (C=O) groups excluding carboxylic acids is 1. The van der Waals surface area contributed by atoms with Crippen molar-refractivity contribution in [1.82, 2.24) is 0 Å². The third-order valence-corrected chi connectivity index (χ3v) is 3.40. The Kier molecular flexibility index (Phi) is 5.17. The minimum Gasteiger partial charge on any atom is -0.493 e. The van der Waals surface area contributed by atoms with E-state index in [1.165, 1.54) is 7.11 Å². The highest BCUT2D eigenvalue weighted by Crippen LogP contribution is 2.25. The first-order valence-corrected chi connectivity index (χ1v) is 7.68. The molecule has 106 valence electrons. The maximum Gasteiger partial charge on any atom is 0.343 e. The molecule has 0 aliphatic heterocycles. The number of sulfone groups is 1. The van der Waals surface area contributed by atoms with E-state index < -0.39 is 15.8 Å². The molecule has 1 aromatic rings. The monoisotopic (exact) mass is 287 g/mol. The van der Waals surface area contributed by atoms with Gasteiger partial charge in [0.1, 0.15) is 21.2 Å².